The number of amides is 1. The number of esters is 1. The van der Waals surface area contributed by atoms with Crippen LogP contribution in [0.2, 0.25) is 0 Å². The fraction of sp³-hybridized carbons (Fsp3) is 0.867. The highest BCUT2D eigenvalue weighted by Crippen LogP contribution is 2.43. The van der Waals surface area contributed by atoms with Crippen LogP contribution in [-0.2, 0) is 14.3 Å². The van der Waals surface area contributed by atoms with E-state index < -0.39 is 0 Å². The summed E-state index contributed by atoms with van der Waals surface area (Å²) in [5.74, 6) is -0.177. The van der Waals surface area contributed by atoms with E-state index in [9.17, 15) is 9.59 Å². The SMILES string of the molecule is CCOC(=O)C1CCCCN1C(=O)CC1(CN)CCC1. The first-order chi connectivity index (χ1) is 9.62. The monoisotopic (exact) mass is 282 g/mol. The number of hydrogen-bond acceptors (Lipinski definition) is 4. The molecule has 0 aromatic rings. The summed E-state index contributed by atoms with van der Waals surface area (Å²) in [6.07, 6.45) is 6.39. The van der Waals surface area contributed by atoms with Gasteiger partial charge >= 0.3 is 5.97 Å². The third-order valence-corrected chi connectivity index (χ3v) is 4.76. The first-order valence-electron chi connectivity index (χ1n) is 7.78. The van der Waals surface area contributed by atoms with E-state index >= 15 is 0 Å². The Kier molecular flexibility index (Phi) is 5.02. The van der Waals surface area contributed by atoms with E-state index in [4.69, 9.17) is 10.5 Å². The fourth-order valence-electron chi connectivity index (χ4n) is 3.27. The van der Waals surface area contributed by atoms with Gasteiger partial charge in [0, 0.05) is 13.0 Å². The summed E-state index contributed by atoms with van der Waals surface area (Å²) in [5.41, 5.74) is 5.82. The zero-order valence-corrected chi connectivity index (χ0v) is 12.4. The molecule has 2 fully saturated rings. The lowest BCUT2D eigenvalue weighted by Crippen LogP contribution is -2.51. The molecule has 114 valence electrons. The molecule has 0 aromatic heterocycles. The van der Waals surface area contributed by atoms with Crippen molar-refractivity contribution in [3.05, 3.63) is 0 Å². The first kappa shape index (κ1) is 15.3. The third kappa shape index (κ3) is 3.14. The Hall–Kier alpha value is -1.10. The second-order valence-corrected chi connectivity index (χ2v) is 6.09. The molecule has 1 saturated carbocycles. The lowest BCUT2D eigenvalue weighted by atomic mass is 9.66. The van der Waals surface area contributed by atoms with Gasteiger partial charge in [-0.1, -0.05) is 6.42 Å². The number of nitrogens with zero attached hydrogens (tertiary/aromatic N) is 1. The molecule has 5 heteroatoms. The first-order valence-corrected chi connectivity index (χ1v) is 7.78. The van der Waals surface area contributed by atoms with Crippen molar-refractivity contribution in [3.63, 3.8) is 0 Å². The Morgan fingerprint density at radius 2 is 2.05 bits per heavy atom. The van der Waals surface area contributed by atoms with Gasteiger partial charge in [-0.15, -0.1) is 0 Å². The van der Waals surface area contributed by atoms with Gasteiger partial charge < -0.3 is 15.4 Å². The molecule has 0 aromatic carbocycles. The number of hydrogen-bond donors (Lipinski definition) is 1. The maximum absolute atomic E-state index is 12.5. The molecule has 1 atom stereocenters. The molecule has 0 spiro atoms. The minimum Gasteiger partial charge on any atom is -0.464 e. The predicted molar refractivity (Wildman–Crippen MR) is 75.9 cm³/mol. The molecule has 0 bridgehead atoms. The molecule has 1 saturated heterocycles. The third-order valence-electron chi connectivity index (χ3n) is 4.76. The summed E-state index contributed by atoms with van der Waals surface area (Å²) in [6, 6.07) is -0.383. The predicted octanol–water partition coefficient (Wildman–Crippen LogP) is 1.45. The standard InChI is InChI=1S/C15H26N2O3/c1-2-20-14(19)12-6-3-4-9-17(12)13(18)10-15(11-16)7-5-8-15/h12H,2-11,16H2,1H3. The quantitative estimate of drug-likeness (QED) is 0.775. The van der Waals surface area contributed by atoms with E-state index in [1.54, 1.807) is 11.8 Å². The maximum atomic E-state index is 12.5. The smallest absolute Gasteiger partial charge is 0.328 e. The van der Waals surface area contributed by atoms with Crippen LogP contribution in [0.1, 0.15) is 51.9 Å². The van der Waals surface area contributed by atoms with Gasteiger partial charge in [0.2, 0.25) is 5.91 Å². The van der Waals surface area contributed by atoms with Crippen LogP contribution in [-0.4, -0.2) is 42.5 Å². The van der Waals surface area contributed by atoms with E-state index in [0.717, 1.165) is 38.5 Å². The number of carbonyl (C=O) groups is 2. The zero-order valence-electron chi connectivity index (χ0n) is 12.4. The van der Waals surface area contributed by atoms with Crippen molar-refractivity contribution in [1.82, 2.24) is 4.90 Å². The molecule has 0 radical (unpaired) electrons. The van der Waals surface area contributed by atoms with Gasteiger partial charge in [-0.2, -0.15) is 0 Å². The van der Waals surface area contributed by atoms with Crippen molar-refractivity contribution < 1.29 is 14.3 Å². The summed E-state index contributed by atoms with van der Waals surface area (Å²) < 4.78 is 5.10. The van der Waals surface area contributed by atoms with Crippen molar-refractivity contribution in [2.75, 3.05) is 19.7 Å². The molecule has 5 nitrogen and oxygen atoms in total. The van der Waals surface area contributed by atoms with Gasteiger partial charge in [-0.25, -0.2) is 4.79 Å². The van der Waals surface area contributed by atoms with Crippen molar-refractivity contribution in [3.8, 4) is 0 Å². The van der Waals surface area contributed by atoms with Gasteiger partial charge in [0.05, 0.1) is 6.61 Å². The molecule has 2 N–H and O–H groups in total. The van der Waals surface area contributed by atoms with Gasteiger partial charge in [-0.05, 0) is 51.0 Å². The number of nitrogens with two attached hydrogens (primary N) is 1. The van der Waals surface area contributed by atoms with E-state index in [2.05, 4.69) is 0 Å². The number of carbonyl (C=O) groups excluding carboxylic acids is 2. The molecule has 1 heterocycles. The molecule has 1 amide bonds. The average molecular weight is 282 g/mol. The lowest BCUT2D eigenvalue weighted by Gasteiger charge is -2.43. The van der Waals surface area contributed by atoms with E-state index in [1.807, 2.05) is 0 Å². The van der Waals surface area contributed by atoms with Crippen LogP contribution in [0.15, 0.2) is 0 Å². The molecule has 1 aliphatic heterocycles. The average Bonchev–Trinajstić information content (AvgIpc) is 2.43. The van der Waals surface area contributed by atoms with Gasteiger partial charge in [0.1, 0.15) is 6.04 Å². The van der Waals surface area contributed by atoms with Crippen LogP contribution in [0, 0.1) is 5.41 Å². The summed E-state index contributed by atoms with van der Waals surface area (Å²) in [7, 11) is 0. The number of likely N-dealkylation sites (tertiary alicyclic amines) is 1. The second-order valence-electron chi connectivity index (χ2n) is 6.09. The lowest BCUT2D eigenvalue weighted by molar-refractivity contribution is -0.158. The minimum atomic E-state index is -0.383. The number of piperidine rings is 1. The zero-order chi connectivity index (χ0) is 14.6. The normalized spacial score (nSPS) is 24.9. The Labute approximate surface area is 120 Å². The van der Waals surface area contributed by atoms with E-state index in [1.165, 1.54) is 0 Å². The van der Waals surface area contributed by atoms with Gasteiger partial charge in [-0.3, -0.25) is 4.79 Å². The van der Waals surface area contributed by atoms with E-state index in [-0.39, 0.29) is 23.3 Å². The largest absolute Gasteiger partial charge is 0.464 e. The van der Waals surface area contributed by atoms with Crippen LogP contribution >= 0.6 is 0 Å². The summed E-state index contributed by atoms with van der Waals surface area (Å²) in [6.45, 7) is 3.40. The topological polar surface area (TPSA) is 72.6 Å². The van der Waals surface area contributed by atoms with E-state index in [0.29, 0.717) is 26.1 Å². The van der Waals surface area contributed by atoms with Crippen LogP contribution in [0.4, 0.5) is 0 Å². The van der Waals surface area contributed by atoms with Crippen molar-refractivity contribution in [2.45, 2.75) is 57.9 Å². The summed E-state index contributed by atoms with van der Waals surface area (Å²) in [5, 5.41) is 0. The second kappa shape index (κ2) is 6.57. The fourth-order valence-corrected chi connectivity index (χ4v) is 3.27. The Balaban J connectivity index is 1.99. The number of rotatable bonds is 5. The summed E-state index contributed by atoms with van der Waals surface area (Å²) in [4.78, 5) is 26.3. The number of ether oxygens (including phenoxy) is 1. The molecule has 1 aliphatic carbocycles. The van der Waals surface area contributed by atoms with Crippen molar-refractivity contribution in [1.29, 1.82) is 0 Å². The molecule has 2 rings (SSSR count). The molecular weight excluding hydrogens is 256 g/mol. The highest BCUT2D eigenvalue weighted by atomic mass is 16.5. The molecule has 1 unspecified atom stereocenters. The highest BCUT2D eigenvalue weighted by Gasteiger charge is 2.41. The molecule has 20 heavy (non-hydrogen) atoms. The van der Waals surface area contributed by atoms with Crippen LogP contribution in [0.25, 0.3) is 0 Å². The van der Waals surface area contributed by atoms with Gasteiger partial charge in [0.15, 0.2) is 0 Å². The van der Waals surface area contributed by atoms with Gasteiger partial charge in [0.25, 0.3) is 0 Å². The highest BCUT2D eigenvalue weighted by molar-refractivity contribution is 5.85. The van der Waals surface area contributed by atoms with Crippen molar-refractivity contribution >= 4 is 11.9 Å². The Morgan fingerprint density at radius 1 is 1.30 bits per heavy atom. The van der Waals surface area contributed by atoms with Crippen molar-refractivity contribution in [2.24, 2.45) is 11.1 Å². The molecule has 2 aliphatic rings. The Morgan fingerprint density at radius 3 is 2.60 bits per heavy atom. The van der Waals surface area contributed by atoms with Crippen LogP contribution in [0.3, 0.4) is 0 Å². The van der Waals surface area contributed by atoms with Crippen LogP contribution in [0.5, 0.6) is 0 Å². The van der Waals surface area contributed by atoms with Crippen LogP contribution < -0.4 is 5.73 Å². The minimum absolute atomic E-state index is 0.00621. The Bertz CT molecular complexity index is 361. The molecular formula is C15H26N2O3. The summed E-state index contributed by atoms with van der Waals surface area (Å²) >= 11 is 0. The maximum Gasteiger partial charge on any atom is 0.328 e.